The van der Waals surface area contributed by atoms with Crippen LogP contribution in [0.15, 0.2) is 41.8 Å². The van der Waals surface area contributed by atoms with Gasteiger partial charge in [-0.25, -0.2) is 4.39 Å². The Morgan fingerprint density at radius 2 is 1.69 bits per heavy atom. The number of thiophene rings is 1. The maximum absolute atomic E-state index is 12.6. The monoisotopic (exact) mass is 236 g/mol. The summed E-state index contributed by atoms with van der Waals surface area (Å²) in [4.78, 5) is 1.31. The number of hydrogen-bond acceptors (Lipinski definition) is 1. The Bertz CT molecular complexity index is 376. The van der Waals surface area contributed by atoms with Gasteiger partial charge in [0.05, 0.1) is 0 Å². The van der Waals surface area contributed by atoms with Crippen molar-refractivity contribution in [3.63, 3.8) is 0 Å². The summed E-state index contributed by atoms with van der Waals surface area (Å²) in [5, 5.41) is 2.05. The summed E-state index contributed by atoms with van der Waals surface area (Å²) in [6.45, 7) is 4.25. The van der Waals surface area contributed by atoms with Crippen LogP contribution in [0.2, 0.25) is 0 Å². The molecule has 0 fully saturated rings. The molecule has 2 heteroatoms. The molecule has 0 bridgehead atoms. The van der Waals surface area contributed by atoms with Gasteiger partial charge in [-0.15, -0.1) is 11.3 Å². The lowest BCUT2D eigenvalue weighted by Crippen LogP contribution is -1.84. The highest BCUT2D eigenvalue weighted by Crippen LogP contribution is 2.14. The summed E-state index contributed by atoms with van der Waals surface area (Å²) < 4.78 is 12.6. The van der Waals surface area contributed by atoms with Gasteiger partial charge in [0, 0.05) is 11.3 Å². The summed E-state index contributed by atoms with van der Waals surface area (Å²) in [5.74, 6) is -0.171. The molecule has 0 aliphatic rings. The summed E-state index contributed by atoms with van der Waals surface area (Å²) in [6, 6.07) is 10.8. The molecular weight excluding hydrogens is 219 g/mol. The third-order valence-electron chi connectivity index (χ3n) is 1.87. The van der Waals surface area contributed by atoms with Crippen LogP contribution in [0.3, 0.4) is 0 Å². The van der Waals surface area contributed by atoms with Gasteiger partial charge in [-0.05, 0) is 29.1 Å². The second-order valence-corrected chi connectivity index (χ2v) is 4.62. The summed E-state index contributed by atoms with van der Waals surface area (Å²) >= 11 is 1.73. The van der Waals surface area contributed by atoms with Crippen molar-refractivity contribution in [2.45, 2.75) is 26.7 Å². The fourth-order valence-corrected chi connectivity index (χ4v) is 1.96. The molecule has 2 aromatic rings. The Hall–Kier alpha value is -1.15. The van der Waals surface area contributed by atoms with Crippen molar-refractivity contribution in [3.8, 4) is 0 Å². The van der Waals surface area contributed by atoms with E-state index in [9.17, 15) is 4.39 Å². The predicted octanol–water partition coefficient (Wildman–Crippen LogP) is 4.89. The van der Waals surface area contributed by atoms with Gasteiger partial charge in [0.1, 0.15) is 5.82 Å². The number of halogens is 1. The van der Waals surface area contributed by atoms with Gasteiger partial charge >= 0.3 is 0 Å². The zero-order valence-corrected chi connectivity index (χ0v) is 10.6. The van der Waals surface area contributed by atoms with Crippen LogP contribution < -0.4 is 0 Å². The second kappa shape index (κ2) is 7.18. The summed E-state index contributed by atoms with van der Waals surface area (Å²) in [7, 11) is 0. The van der Waals surface area contributed by atoms with E-state index in [0.717, 1.165) is 12.0 Å². The highest BCUT2D eigenvalue weighted by atomic mass is 32.1. The molecule has 0 nitrogen and oxygen atoms in total. The lowest BCUT2D eigenvalue weighted by atomic mass is 10.1. The molecule has 0 saturated heterocycles. The Labute approximate surface area is 101 Å². The molecule has 1 heterocycles. The van der Waals surface area contributed by atoms with Gasteiger partial charge in [-0.2, -0.15) is 0 Å². The molecule has 1 aromatic heterocycles. The van der Waals surface area contributed by atoms with E-state index in [1.807, 2.05) is 18.2 Å². The first-order valence-corrected chi connectivity index (χ1v) is 6.41. The normalized spacial score (nSPS) is 9.44. The average molecular weight is 236 g/mol. The highest BCUT2D eigenvalue weighted by molar-refractivity contribution is 7.09. The first-order chi connectivity index (χ1) is 7.76. The van der Waals surface area contributed by atoms with Gasteiger partial charge < -0.3 is 0 Å². The quantitative estimate of drug-likeness (QED) is 0.696. The van der Waals surface area contributed by atoms with Crippen molar-refractivity contribution in [1.29, 1.82) is 0 Å². The van der Waals surface area contributed by atoms with Gasteiger partial charge in [0.25, 0.3) is 0 Å². The first kappa shape index (κ1) is 12.9. The Morgan fingerprint density at radius 3 is 2.19 bits per heavy atom. The molecule has 0 N–H and O–H groups in total. The van der Waals surface area contributed by atoms with E-state index < -0.39 is 0 Å². The minimum atomic E-state index is -0.171. The zero-order valence-electron chi connectivity index (χ0n) is 9.74. The molecule has 2 rings (SSSR count). The Kier molecular flexibility index (Phi) is 5.79. The molecule has 16 heavy (non-hydrogen) atoms. The summed E-state index contributed by atoms with van der Waals surface area (Å²) in [6.07, 6.45) is 2.15. The molecule has 0 aliphatic heterocycles. The number of benzene rings is 1. The van der Waals surface area contributed by atoms with Crippen LogP contribution in [0.1, 0.15) is 30.7 Å². The van der Waals surface area contributed by atoms with Gasteiger partial charge in [-0.3, -0.25) is 0 Å². The van der Waals surface area contributed by atoms with E-state index in [2.05, 4.69) is 25.3 Å². The molecule has 86 valence electrons. The van der Waals surface area contributed by atoms with Crippen molar-refractivity contribution in [1.82, 2.24) is 0 Å². The lowest BCUT2D eigenvalue weighted by molar-refractivity contribution is 0.627. The maximum atomic E-state index is 12.6. The molecule has 0 amide bonds. The van der Waals surface area contributed by atoms with E-state index in [1.54, 1.807) is 11.3 Å². The Morgan fingerprint density at radius 1 is 1.06 bits per heavy atom. The van der Waals surface area contributed by atoms with E-state index in [0.29, 0.717) is 0 Å². The smallest absolute Gasteiger partial charge is 0.123 e. The summed E-state index contributed by atoms with van der Waals surface area (Å²) in [5.41, 5.74) is 1.16. The maximum Gasteiger partial charge on any atom is 0.123 e. The highest BCUT2D eigenvalue weighted by Gasteiger charge is 1.96. The molecular formula is C14H17FS. The fraction of sp³-hybridized carbons (Fsp3) is 0.286. The predicted molar refractivity (Wildman–Crippen MR) is 69.5 cm³/mol. The van der Waals surface area contributed by atoms with Gasteiger partial charge in [0.15, 0.2) is 0 Å². The largest absolute Gasteiger partial charge is 0.207 e. The van der Waals surface area contributed by atoms with Crippen LogP contribution in [0.5, 0.6) is 0 Å². The van der Waals surface area contributed by atoms with Crippen molar-refractivity contribution >= 4 is 11.3 Å². The minimum Gasteiger partial charge on any atom is -0.207 e. The van der Waals surface area contributed by atoms with Gasteiger partial charge in [-0.1, -0.05) is 38.5 Å². The molecule has 0 spiro atoms. The Balaban J connectivity index is 0.000000386. The van der Waals surface area contributed by atoms with Crippen LogP contribution in [0.4, 0.5) is 4.39 Å². The van der Waals surface area contributed by atoms with E-state index in [-0.39, 0.29) is 5.82 Å². The second-order valence-electron chi connectivity index (χ2n) is 3.59. The van der Waals surface area contributed by atoms with Crippen molar-refractivity contribution < 1.29 is 4.39 Å². The van der Waals surface area contributed by atoms with Gasteiger partial charge in [0.2, 0.25) is 0 Å². The number of hydrogen-bond donors (Lipinski definition) is 0. The first-order valence-electron chi connectivity index (χ1n) is 5.53. The third kappa shape index (κ3) is 4.58. The van der Waals surface area contributed by atoms with E-state index in [4.69, 9.17) is 0 Å². The third-order valence-corrected chi connectivity index (χ3v) is 2.75. The van der Waals surface area contributed by atoms with Crippen LogP contribution in [0.25, 0.3) is 0 Å². The van der Waals surface area contributed by atoms with E-state index in [1.165, 1.54) is 23.4 Å². The van der Waals surface area contributed by atoms with Crippen molar-refractivity contribution in [2.75, 3.05) is 0 Å². The minimum absolute atomic E-state index is 0.171. The molecule has 0 radical (unpaired) electrons. The van der Waals surface area contributed by atoms with Crippen molar-refractivity contribution in [3.05, 3.63) is 58.0 Å². The molecule has 1 aromatic carbocycles. The standard InChI is InChI=1S/C11H9FS.C3H8/c12-10-5-3-9(4-6-10)8-11-2-1-7-13-11;1-3-2/h1-7H,8H2;3H2,1-2H3. The van der Waals surface area contributed by atoms with Crippen molar-refractivity contribution in [2.24, 2.45) is 0 Å². The zero-order chi connectivity index (χ0) is 11.8. The molecule has 0 saturated carbocycles. The van der Waals surface area contributed by atoms with Crippen LogP contribution in [-0.2, 0) is 6.42 Å². The number of rotatable bonds is 2. The van der Waals surface area contributed by atoms with Crippen LogP contribution in [-0.4, -0.2) is 0 Å². The molecule has 0 aliphatic carbocycles. The van der Waals surface area contributed by atoms with E-state index >= 15 is 0 Å². The fourth-order valence-electron chi connectivity index (χ4n) is 1.22. The lowest BCUT2D eigenvalue weighted by Gasteiger charge is -1.97. The van der Waals surface area contributed by atoms with Crippen LogP contribution in [0, 0.1) is 5.82 Å². The SMILES string of the molecule is CCC.Fc1ccc(Cc2cccs2)cc1. The molecule has 0 unspecified atom stereocenters. The molecule has 0 atom stereocenters. The average Bonchev–Trinajstić information content (AvgIpc) is 2.75. The van der Waals surface area contributed by atoms with Crippen LogP contribution >= 0.6 is 11.3 Å². The topological polar surface area (TPSA) is 0 Å².